The molecule has 7 nitrogen and oxygen atoms in total. The number of ether oxygens (including phenoxy) is 1. The van der Waals surface area contributed by atoms with E-state index >= 15 is 0 Å². The molecule has 0 aromatic heterocycles. The van der Waals surface area contributed by atoms with Crippen LogP contribution in [0.1, 0.15) is 31.2 Å². The van der Waals surface area contributed by atoms with E-state index in [-0.39, 0.29) is 18.0 Å². The summed E-state index contributed by atoms with van der Waals surface area (Å²) in [6, 6.07) is 7.62. The number of amides is 2. The van der Waals surface area contributed by atoms with Gasteiger partial charge in [0.05, 0.1) is 18.5 Å². The molecule has 3 aliphatic rings. The van der Waals surface area contributed by atoms with E-state index in [4.69, 9.17) is 16.3 Å². The zero-order valence-electron chi connectivity index (χ0n) is 16.5. The van der Waals surface area contributed by atoms with E-state index < -0.39 is 15.3 Å². The molecular formula is C20H28ClN3O4S. The van der Waals surface area contributed by atoms with E-state index in [0.29, 0.717) is 57.3 Å². The Balaban J connectivity index is 1.35. The number of hydrogen-bond donors (Lipinski definition) is 1. The average molecular weight is 442 g/mol. The van der Waals surface area contributed by atoms with Gasteiger partial charge in [0.25, 0.3) is 0 Å². The third-order valence-corrected chi connectivity index (χ3v) is 8.83. The van der Waals surface area contributed by atoms with Crippen molar-refractivity contribution in [2.24, 2.45) is 0 Å². The number of sulfonamides is 1. The highest BCUT2D eigenvalue weighted by molar-refractivity contribution is 7.89. The maximum Gasteiger partial charge on any atom is 0.317 e. The zero-order valence-corrected chi connectivity index (χ0v) is 18.1. The molecule has 1 atom stereocenters. The molecular weight excluding hydrogens is 414 g/mol. The first-order valence-corrected chi connectivity index (χ1v) is 12.1. The van der Waals surface area contributed by atoms with Gasteiger partial charge in [0.1, 0.15) is 0 Å². The number of rotatable bonds is 5. The van der Waals surface area contributed by atoms with Gasteiger partial charge in [-0.1, -0.05) is 23.7 Å². The molecule has 0 radical (unpaired) electrons. The first-order chi connectivity index (χ1) is 13.9. The molecule has 2 aliphatic heterocycles. The lowest BCUT2D eigenvalue weighted by atomic mass is 9.96. The van der Waals surface area contributed by atoms with Crippen LogP contribution in [0.15, 0.2) is 24.3 Å². The largest absolute Gasteiger partial charge is 0.379 e. The molecule has 2 heterocycles. The summed E-state index contributed by atoms with van der Waals surface area (Å²) in [5, 5.41) is 3.20. The van der Waals surface area contributed by atoms with Crippen LogP contribution in [0.2, 0.25) is 5.02 Å². The highest BCUT2D eigenvalue weighted by Gasteiger charge is 2.45. The predicted molar refractivity (Wildman–Crippen MR) is 112 cm³/mol. The van der Waals surface area contributed by atoms with Crippen LogP contribution < -0.4 is 5.32 Å². The van der Waals surface area contributed by atoms with Gasteiger partial charge in [-0.15, -0.1) is 0 Å². The first kappa shape index (κ1) is 20.9. The van der Waals surface area contributed by atoms with Crippen molar-refractivity contribution in [2.45, 2.75) is 36.3 Å². The Hall–Kier alpha value is -1.35. The number of carbonyl (C=O) groups excluding carboxylic acids is 1. The minimum Gasteiger partial charge on any atom is -0.379 e. The van der Waals surface area contributed by atoms with Gasteiger partial charge in [-0.3, -0.25) is 0 Å². The Morgan fingerprint density at radius 3 is 2.69 bits per heavy atom. The standard InChI is InChI=1S/C20H28ClN3O4S/c21-17-4-1-3-16(13-17)20(6-7-20)15-22-19(25)23-8-2-5-18(14-23)29(26,27)24-9-11-28-12-10-24/h1,3-4,13,18H,2,5-12,14-15H2,(H,22,25). The van der Waals surface area contributed by atoms with Crippen molar-refractivity contribution in [3.8, 4) is 0 Å². The van der Waals surface area contributed by atoms with E-state index in [1.54, 1.807) is 4.90 Å². The normalized spacial score (nSPS) is 24.9. The topological polar surface area (TPSA) is 79.0 Å². The quantitative estimate of drug-likeness (QED) is 0.759. The summed E-state index contributed by atoms with van der Waals surface area (Å²) in [5.74, 6) is 0. The summed E-state index contributed by atoms with van der Waals surface area (Å²) < 4.78 is 32.7. The van der Waals surface area contributed by atoms with Crippen molar-refractivity contribution in [1.29, 1.82) is 0 Å². The molecule has 0 bridgehead atoms. The van der Waals surface area contributed by atoms with Gasteiger partial charge in [-0.25, -0.2) is 13.2 Å². The lowest BCUT2D eigenvalue weighted by Gasteiger charge is -2.36. The molecule has 1 aliphatic carbocycles. The van der Waals surface area contributed by atoms with E-state index in [1.165, 1.54) is 4.31 Å². The van der Waals surface area contributed by atoms with Crippen LogP contribution in [0.4, 0.5) is 4.79 Å². The predicted octanol–water partition coefficient (Wildman–Crippen LogP) is 2.21. The molecule has 160 valence electrons. The number of nitrogens with one attached hydrogen (secondary N) is 1. The highest BCUT2D eigenvalue weighted by Crippen LogP contribution is 2.48. The third kappa shape index (κ3) is 4.55. The maximum absolute atomic E-state index is 13.0. The fraction of sp³-hybridized carbons (Fsp3) is 0.650. The Morgan fingerprint density at radius 1 is 1.24 bits per heavy atom. The molecule has 2 saturated heterocycles. The van der Waals surface area contributed by atoms with Crippen molar-refractivity contribution in [3.05, 3.63) is 34.9 Å². The fourth-order valence-corrected chi connectivity index (χ4v) is 6.37. The lowest BCUT2D eigenvalue weighted by molar-refractivity contribution is 0.0721. The summed E-state index contributed by atoms with van der Waals surface area (Å²) in [6.45, 7) is 3.04. The number of likely N-dealkylation sites (tertiary alicyclic amines) is 1. The van der Waals surface area contributed by atoms with Gasteiger partial charge in [0, 0.05) is 43.2 Å². The van der Waals surface area contributed by atoms with Crippen LogP contribution in [0.3, 0.4) is 0 Å². The molecule has 3 fully saturated rings. The minimum absolute atomic E-state index is 0.0460. The SMILES string of the molecule is O=C(NCC1(c2cccc(Cl)c2)CC1)N1CCCC(S(=O)(=O)N2CCOCC2)C1. The minimum atomic E-state index is -3.41. The molecule has 0 spiro atoms. The molecule has 1 saturated carbocycles. The number of benzene rings is 1. The number of hydrogen-bond acceptors (Lipinski definition) is 4. The van der Waals surface area contributed by atoms with E-state index in [0.717, 1.165) is 18.4 Å². The third-order valence-electron chi connectivity index (χ3n) is 6.29. The van der Waals surface area contributed by atoms with Crippen molar-refractivity contribution in [2.75, 3.05) is 45.9 Å². The Bertz CT molecular complexity index is 853. The first-order valence-electron chi connectivity index (χ1n) is 10.3. The number of nitrogens with zero attached hydrogens (tertiary/aromatic N) is 2. The summed E-state index contributed by atoms with van der Waals surface area (Å²) in [5.41, 5.74) is 1.10. The van der Waals surface area contributed by atoms with Gasteiger partial charge in [-0.2, -0.15) is 4.31 Å². The van der Waals surface area contributed by atoms with Crippen molar-refractivity contribution in [3.63, 3.8) is 0 Å². The summed E-state index contributed by atoms with van der Waals surface area (Å²) in [6.07, 6.45) is 3.32. The van der Waals surface area contributed by atoms with Crippen molar-refractivity contribution in [1.82, 2.24) is 14.5 Å². The molecule has 1 aromatic carbocycles. The van der Waals surface area contributed by atoms with Gasteiger partial charge in [0.2, 0.25) is 10.0 Å². The summed E-state index contributed by atoms with van der Waals surface area (Å²) >= 11 is 6.12. The smallest absolute Gasteiger partial charge is 0.317 e. The van der Waals surface area contributed by atoms with Crippen molar-refractivity contribution < 1.29 is 17.9 Å². The Kier molecular flexibility index (Phi) is 6.06. The summed E-state index contributed by atoms with van der Waals surface area (Å²) in [4.78, 5) is 14.4. The van der Waals surface area contributed by atoms with E-state index in [1.807, 2.05) is 18.2 Å². The second-order valence-corrected chi connectivity index (χ2v) is 10.9. The van der Waals surface area contributed by atoms with Crippen LogP contribution in [0.25, 0.3) is 0 Å². The second-order valence-electron chi connectivity index (χ2n) is 8.22. The van der Waals surface area contributed by atoms with Crippen LogP contribution in [0.5, 0.6) is 0 Å². The molecule has 1 N–H and O–H groups in total. The number of morpholine rings is 1. The molecule has 4 rings (SSSR count). The van der Waals surface area contributed by atoms with E-state index in [9.17, 15) is 13.2 Å². The van der Waals surface area contributed by atoms with Crippen molar-refractivity contribution >= 4 is 27.7 Å². The number of piperidine rings is 1. The Labute approximate surface area is 177 Å². The fourth-order valence-electron chi connectivity index (χ4n) is 4.27. The van der Waals surface area contributed by atoms with Gasteiger partial charge < -0.3 is 15.0 Å². The highest BCUT2D eigenvalue weighted by atomic mass is 35.5. The second kappa shape index (κ2) is 8.41. The van der Waals surface area contributed by atoms with Crippen LogP contribution in [0, 0.1) is 0 Å². The van der Waals surface area contributed by atoms with Crippen LogP contribution >= 0.6 is 11.6 Å². The van der Waals surface area contributed by atoms with Gasteiger partial charge in [-0.05, 0) is 43.4 Å². The monoisotopic (exact) mass is 441 g/mol. The number of carbonyl (C=O) groups is 1. The van der Waals surface area contributed by atoms with Crippen LogP contribution in [-0.4, -0.2) is 74.8 Å². The molecule has 1 aromatic rings. The molecule has 2 amide bonds. The number of halogens is 1. The van der Waals surface area contributed by atoms with Gasteiger partial charge in [0.15, 0.2) is 0 Å². The molecule has 1 unspecified atom stereocenters. The Morgan fingerprint density at radius 2 is 2.00 bits per heavy atom. The molecule has 9 heteroatoms. The maximum atomic E-state index is 13.0. The van der Waals surface area contributed by atoms with Gasteiger partial charge >= 0.3 is 6.03 Å². The number of urea groups is 1. The van der Waals surface area contributed by atoms with E-state index in [2.05, 4.69) is 11.4 Å². The molecule has 29 heavy (non-hydrogen) atoms. The lowest BCUT2D eigenvalue weighted by Crippen LogP contribution is -2.54. The summed E-state index contributed by atoms with van der Waals surface area (Å²) in [7, 11) is -3.41. The average Bonchev–Trinajstić information content (AvgIpc) is 3.54. The zero-order chi connectivity index (χ0) is 20.5. The van der Waals surface area contributed by atoms with Crippen LogP contribution in [-0.2, 0) is 20.2 Å².